The van der Waals surface area contributed by atoms with Gasteiger partial charge in [0, 0.05) is 22.4 Å². The Balaban J connectivity index is 2.01. The van der Waals surface area contributed by atoms with Crippen molar-refractivity contribution in [2.75, 3.05) is 19.4 Å². The van der Waals surface area contributed by atoms with Gasteiger partial charge in [-0.3, -0.25) is 4.79 Å². The molecule has 0 aliphatic heterocycles. The van der Waals surface area contributed by atoms with E-state index in [4.69, 9.17) is 16.7 Å². The maximum atomic E-state index is 12.2. The van der Waals surface area contributed by atoms with Crippen LogP contribution in [0.1, 0.15) is 35.2 Å². The van der Waals surface area contributed by atoms with Crippen LogP contribution >= 0.6 is 23.4 Å². The number of thioether (sulfide) groups is 1. The second-order valence-electron chi connectivity index (χ2n) is 5.08. The number of aliphatic hydroxyl groups excluding tert-OH is 1. The number of amides is 1. The van der Waals surface area contributed by atoms with Gasteiger partial charge in [0.2, 0.25) is 0 Å². The predicted octanol–water partition coefficient (Wildman–Crippen LogP) is 2.70. The summed E-state index contributed by atoms with van der Waals surface area (Å²) in [4.78, 5) is 12.2. The Hall–Kier alpha value is -1.15. The average molecular weight is 324 g/mol. The molecule has 0 unspecified atom stereocenters. The molecule has 1 saturated carbocycles. The Kier molecular flexibility index (Phi) is 5.58. The summed E-state index contributed by atoms with van der Waals surface area (Å²) >= 11 is 7.92. The number of hydrogen-bond donors (Lipinski definition) is 2. The fourth-order valence-electron chi connectivity index (χ4n) is 2.26. The van der Waals surface area contributed by atoms with Gasteiger partial charge in [-0.25, -0.2) is 0 Å². The van der Waals surface area contributed by atoms with E-state index in [9.17, 15) is 4.79 Å². The van der Waals surface area contributed by atoms with Gasteiger partial charge in [-0.1, -0.05) is 29.9 Å². The fourth-order valence-corrected chi connectivity index (χ4v) is 3.40. The molecule has 0 spiro atoms. The van der Waals surface area contributed by atoms with Gasteiger partial charge in [-0.2, -0.15) is 11.8 Å². The molecule has 5 heteroatoms. The lowest BCUT2D eigenvalue weighted by atomic mass is 9.84. The molecule has 2 N–H and O–H groups in total. The zero-order valence-electron chi connectivity index (χ0n) is 11.9. The van der Waals surface area contributed by atoms with E-state index in [1.54, 1.807) is 18.2 Å². The van der Waals surface area contributed by atoms with Crippen molar-refractivity contribution in [2.24, 2.45) is 0 Å². The standard InChI is InChI=1S/C16H18ClNO2S/c1-21-16(7-3-8-16)11-18-15(20)13-6-5-12(4-2-9-19)14(17)10-13/h5-6,10,19H,3,7-9,11H2,1H3,(H,18,20). The molecule has 1 aliphatic rings. The number of carbonyl (C=O) groups excluding carboxylic acids is 1. The minimum atomic E-state index is -0.213. The first-order valence-electron chi connectivity index (χ1n) is 6.83. The van der Waals surface area contributed by atoms with E-state index in [1.807, 2.05) is 11.8 Å². The summed E-state index contributed by atoms with van der Waals surface area (Å²) in [6.07, 6.45) is 5.65. The lowest BCUT2D eigenvalue weighted by Gasteiger charge is -2.40. The number of carbonyl (C=O) groups is 1. The molecule has 0 heterocycles. The molecule has 2 rings (SSSR count). The highest BCUT2D eigenvalue weighted by atomic mass is 35.5. The number of halogens is 1. The Labute approximate surface area is 134 Å². The quantitative estimate of drug-likeness (QED) is 0.838. The van der Waals surface area contributed by atoms with Crippen LogP contribution in [0.15, 0.2) is 18.2 Å². The van der Waals surface area contributed by atoms with Crippen LogP contribution in [-0.4, -0.2) is 35.2 Å². The molecular weight excluding hydrogens is 306 g/mol. The maximum Gasteiger partial charge on any atom is 0.251 e. The van der Waals surface area contributed by atoms with Crippen LogP contribution in [0.4, 0.5) is 0 Å². The van der Waals surface area contributed by atoms with Gasteiger partial charge in [0.15, 0.2) is 0 Å². The summed E-state index contributed by atoms with van der Waals surface area (Å²) < 4.78 is 0.214. The molecule has 1 aromatic rings. The first kappa shape index (κ1) is 16.2. The lowest BCUT2D eigenvalue weighted by molar-refractivity contribution is 0.0944. The van der Waals surface area contributed by atoms with Crippen molar-refractivity contribution in [3.63, 3.8) is 0 Å². The Morgan fingerprint density at radius 3 is 2.81 bits per heavy atom. The van der Waals surface area contributed by atoms with Crippen molar-refractivity contribution < 1.29 is 9.90 Å². The zero-order valence-corrected chi connectivity index (χ0v) is 13.5. The molecule has 1 aromatic carbocycles. The molecule has 112 valence electrons. The second-order valence-corrected chi connectivity index (χ2v) is 6.76. The van der Waals surface area contributed by atoms with E-state index in [2.05, 4.69) is 23.4 Å². The summed E-state index contributed by atoms with van der Waals surface area (Å²) in [5, 5.41) is 12.1. The molecule has 1 aliphatic carbocycles. The summed E-state index contributed by atoms with van der Waals surface area (Å²) in [7, 11) is 0. The van der Waals surface area contributed by atoms with Crippen LogP contribution in [0.5, 0.6) is 0 Å². The van der Waals surface area contributed by atoms with E-state index < -0.39 is 0 Å². The summed E-state index contributed by atoms with van der Waals surface area (Å²) in [6, 6.07) is 5.02. The highest BCUT2D eigenvalue weighted by Gasteiger charge is 2.36. The van der Waals surface area contributed by atoms with E-state index in [-0.39, 0.29) is 17.3 Å². The molecule has 0 bridgehead atoms. The number of nitrogens with one attached hydrogen (secondary N) is 1. The van der Waals surface area contributed by atoms with E-state index >= 15 is 0 Å². The van der Waals surface area contributed by atoms with E-state index in [0.717, 1.165) is 12.8 Å². The van der Waals surface area contributed by atoms with Gasteiger partial charge in [0.05, 0.1) is 5.02 Å². The third-order valence-electron chi connectivity index (χ3n) is 3.80. The number of aliphatic hydroxyl groups is 1. The molecule has 1 fully saturated rings. The van der Waals surface area contributed by atoms with Gasteiger partial charge in [0.25, 0.3) is 5.91 Å². The lowest BCUT2D eigenvalue weighted by Crippen LogP contribution is -2.45. The van der Waals surface area contributed by atoms with Gasteiger partial charge in [-0.15, -0.1) is 0 Å². The molecule has 0 aromatic heterocycles. The van der Waals surface area contributed by atoms with Crippen LogP contribution < -0.4 is 5.32 Å². The normalized spacial score (nSPS) is 15.6. The minimum absolute atomic E-state index is 0.112. The number of rotatable bonds is 4. The van der Waals surface area contributed by atoms with Gasteiger partial charge in [0.1, 0.15) is 6.61 Å². The van der Waals surface area contributed by atoms with Crippen LogP contribution in [-0.2, 0) is 0 Å². The van der Waals surface area contributed by atoms with Crippen molar-refractivity contribution in [1.82, 2.24) is 5.32 Å². The highest BCUT2D eigenvalue weighted by molar-refractivity contribution is 8.00. The van der Waals surface area contributed by atoms with Crippen molar-refractivity contribution in [2.45, 2.75) is 24.0 Å². The largest absolute Gasteiger partial charge is 0.384 e. The van der Waals surface area contributed by atoms with Crippen molar-refractivity contribution in [3.05, 3.63) is 34.3 Å². The van der Waals surface area contributed by atoms with E-state index in [0.29, 0.717) is 22.7 Å². The van der Waals surface area contributed by atoms with Crippen molar-refractivity contribution in [1.29, 1.82) is 0 Å². The van der Waals surface area contributed by atoms with Crippen LogP contribution in [0, 0.1) is 11.8 Å². The topological polar surface area (TPSA) is 49.3 Å². The summed E-state index contributed by atoms with van der Waals surface area (Å²) in [6.45, 7) is 0.478. The SMILES string of the molecule is CSC1(CNC(=O)c2ccc(C#CCO)c(Cl)c2)CCC1. The first-order chi connectivity index (χ1) is 10.1. The third-order valence-corrected chi connectivity index (χ3v) is 5.53. The summed E-state index contributed by atoms with van der Waals surface area (Å²) in [5.41, 5.74) is 1.15. The maximum absolute atomic E-state index is 12.2. The van der Waals surface area contributed by atoms with Crippen molar-refractivity contribution >= 4 is 29.3 Å². The smallest absolute Gasteiger partial charge is 0.251 e. The van der Waals surface area contributed by atoms with Crippen molar-refractivity contribution in [3.8, 4) is 11.8 Å². The Bertz CT molecular complexity index is 582. The molecule has 3 nitrogen and oxygen atoms in total. The molecule has 0 atom stereocenters. The second kappa shape index (κ2) is 7.22. The zero-order chi connectivity index (χ0) is 15.3. The third kappa shape index (κ3) is 3.94. The number of benzene rings is 1. The average Bonchev–Trinajstić information content (AvgIpc) is 2.45. The van der Waals surface area contributed by atoms with Gasteiger partial charge in [-0.05, 0) is 37.3 Å². The molecule has 1 amide bonds. The predicted molar refractivity (Wildman–Crippen MR) is 87.8 cm³/mol. The van der Waals surface area contributed by atoms with Crippen LogP contribution in [0.2, 0.25) is 5.02 Å². The van der Waals surface area contributed by atoms with Gasteiger partial charge >= 0.3 is 0 Å². The molecule has 0 radical (unpaired) electrons. The van der Waals surface area contributed by atoms with E-state index in [1.165, 1.54) is 6.42 Å². The minimum Gasteiger partial charge on any atom is -0.384 e. The highest BCUT2D eigenvalue weighted by Crippen LogP contribution is 2.42. The van der Waals surface area contributed by atoms with Crippen LogP contribution in [0.3, 0.4) is 0 Å². The monoisotopic (exact) mass is 323 g/mol. The summed E-state index contributed by atoms with van der Waals surface area (Å²) in [5.74, 6) is 5.17. The molecule has 0 saturated heterocycles. The molecular formula is C16H18ClNO2S. The Morgan fingerprint density at radius 1 is 1.52 bits per heavy atom. The Morgan fingerprint density at radius 2 is 2.29 bits per heavy atom. The van der Waals surface area contributed by atoms with Gasteiger partial charge < -0.3 is 10.4 Å². The first-order valence-corrected chi connectivity index (χ1v) is 8.43. The number of hydrogen-bond acceptors (Lipinski definition) is 3. The van der Waals surface area contributed by atoms with Crippen LogP contribution in [0.25, 0.3) is 0 Å². The molecule has 21 heavy (non-hydrogen) atoms. The fraction of sp³-hybridized carbons (Fsp3) is 0.438.